The quantitative estimate of drug-likeness (QED) is 0.330. The first-order valence-electron chi connectivity index (χ1n) is 10.9. The van der Waals surface area contributed by atoms with Crippen molar-refractivity contribution in [2.75, 3.05) is 0 Å². The summed E-state index contributed by atoms with van der Waals surface area (Å²) in [5, 5.41) is 0. The van der Waals surface area contributed by atoms with Crippen molar-refractivity contribution < 1.29 is 14.3 Å². The lowest BCUT2D eigenvalue weighted by Gasteiger charge is -2.24. The van der Waals surface area contributed by atoms with Crippen molar-refractivity contribution in [3.05, 3.63) is 28.8 Å². The second-order valence-electron chi connectivity index (χ2n) is 7.92. The van der Waals surface area contributed by atoms with Crippen molar-refractivity contribution in [3.63, 3.8) is 0 Å². The zero-order chi connectivity index (χ0) is 20.2. The lowest BCUT2D eigenvalue weighted by Crippen LogP contribution is -2.12. The molecule has 0 fully saturated rings. The van der Waals surface area contributed by atoms with Gasteiger partial charge in [-0.3, -0.25) is 0 Å². The molecule has 0 bridgehead atoms. The van der Waals surface area contributed by atoms with Crippen molar-refractivity contribution in [2.24, 2.45) is 11.8 Å². The molecule has 0 aliphatic heterocycles. The molecule has 1 rings (SSSR count). The molecule has 0 saturated carbocycles. The van der Waals surface area contributed by atoms with Gasteiger partial charge in [0.2, 0.25) is 0 Å². The summed E-state index contributed by atoms with van der Waals surface area (Å²) in [7, 11) is -2.39. The van der Waals surface area contributed by atoms with Gasteiger partial charge in [0.15, 0.2) is 0 Å². The van der Waals surface area contributed by atoms with E-state index in [1.54, 1.807) is 0 Å². The second-order valence-corrected chi connectivity index (χ2v) is 8.61. The van der Waals surface area contributed by atoms with Crippen LogP contribution in [-0.4, -0.2) is 9.79 Å². The SMILES string of the molecule is CCCCC(CC)Cc1c(C)ccc(OP(O)O)c1CC(CC)CCCC. The van der Waals surface area contributed by atoms with Crippen LogP contribution < -0.4 is 4.52 Å². The van der Waals surface area contributed by atoms with Crippen LogP contribution >= 0.6 is 8.60 Å². The molecule has 2 N–H and O–H groups in total. The zero-order valence-corrected chi connectivity index (χ0v) is 19.0. The third-order valence-electron chi connectivity index (χ3n) is 5.87. The fraction of sp³-hybridized carbons (Fsp3) is 0.739. The van der Waals surface area contributed by atoms with Crippen LogP contribution in [0.15, 0.2) is 12.1 Å². The van der Waals surface area contributed by atoms with Crippen molar-refractivity contribution in [2.45, 2.75) is 98.8 Å². The molecule has 0 aliphatic rings. The normalized spacial score (nSPS) is 13.8. The summed E-state index contributed by atoms with van der Waals surface area (Å²) >= 11 is 0. The molecule has 27 heavy (non-hydrogen) atoms. The van der Waals surface area contributed by atoms with E-state index in [1.165, 1.54) is 61.6 Å². The molecule has 156 valence electrons. The highest BCUT2D eigenvalue weighted by Crippen LogP contribution is 2.38. The van der Waals surface area contributed by atoms with Gasteiger partial charge < -0.3 is 14.3 Å². The Morgan fingerprint density at radius 2 is 1.37 bits per heavy atom. The van der Waals surface area contributed by atoms with Crippen molar-refractivity contribution in [3.8, 4) is 5.75 Å². The average molecular weight is 397 g/mol. The molecule has 3 nitrogen and oxygen atoms in total. The molecular formula is C23H41O3P. The van der Waals surface area contributed by atoms with E-state index < -0.39 is 8.60 Å². The molecule has 0 amide bonds. The maximum Gasteiger partial charge on any atom is 0.391 e. The molecule has 0 aliphatic carbocycles. The van der Waals surface area contributed by atoms with Gasteiger partial charge >= 0.3 is 8.60 Å². The van der Waals surface area contributed by atoms with Gasteiger partial charge in [-0.2, -0.15) is 0 Å². The van der Waals surface area contributed by atoms with Gasteiger partial charge in [0, 0.05) is 0 Å². The van der Waals surface area contributed by atoms with E-state index in [4.69, 9.17) is 4.52 Å². The summed E-state index contributed by atoms with van der Waals surface area (Å²) in [6.45, 7) is 11.2. The monoisotopic (exact) mass is 396 g/mol. The van der Waals surface area contributed by atoms with Crippen molar-refractivity contribution in [1.29, 1.82) is 0 Å². The van der Waals surface area contributed by atoms with E-state index in [9.17, 15) is 9.79 Å². The first-order chi connectivity index (χ1) is 13.0. The Balaban J connectivity index is 3.20. The summed E-state index contributed by atoms with van der Waals surface area (Å²) in [6.07, 6.45) is 11.8. The average Bonchev–Trinajstić information content (AvgIpc) is 2.65. The van der Waals surface area contributed by atoms with E-state index >= 15 is 0 Å². The standard InChI is InChI=1S/C23H41O3P/c1-6-10-12-19(8-3)16-21-18(5)14-15-23(26-27(24)25)22(21)17-20(9-4)13-11-7-2/h14-15,19-20,24-25H,6-13,16-17H2,1-5H3. The molecule has 4 heteroatoms. The van der Waals surface area contributed by atoms with Gasteiger partial charge in [-0.1, -0.05) is 85.1 Å². The lowest BCUT2D eigenvalue weighted by atomic mass is 9.83. The Kier molecular flexibility index (Phi) is 12.2. The summed E-state index contributed by atoms with van der Waals surface area (Å²) < 4.78 is 5.46. The summed E-state index contributed by atoms with van der Waals surface area (Å²) in [4.78, 5) is 18.9. The first-order valence-corrected chi connectivity index (χ1v) is 12.1. The molecule has 0 radical (unpaired) electrons. The molecule has 2 unspecified atom stereocenters. The Hall–Kier alpha value is -0.630. The van der Waals surface area contributed by atoms with Gasteiger partial charge in [0.25, 0.3) is 0 Å². The van der Waals surface area contributed by atoms with Gasteiger partial charge in [-0.25, -0.2) is 0 Å². The van der Waals surface area contributed by atoms with E-state index in [0.717, 1.165) is 19.3 Å². The Labute approximate surface area is 168 Å². The predicted molar refractivity (Wildman–Crippen MR) is 117 cm³/mol. The minimum absolute atomic E-state index is 0.618. The third kappa shape index (κ3) is 8.50. The Morgan fingerprint density at radius 3 is 1.81 bits per heavy atom. The van der Waals surface area contributed by atoms with Crippen molar-refractivity contribution in [1.82, 2.24) is 0 Å². The minimum atomic E-state index is -2.39. The van der Waals surface area contributed by atoms with Gasteiger partial charge in [0.05, 0.1) is 0 Å². The number of benzene rings is 1. The van der Waals surface area contributed by atoms with E-state index in [2.05, 4.69) is 40.7 Å². The summed E-state index contributed by atoms with van der Waals surface area (Å²) in [6, 6.07) is 4.00. The molecule has 0 spiro atoms. The van der Waals surface area contributed by atoms with E-state index in [1.807, 2.05) is 6.07 Å². The Morgan fingerprint density at radius 1 is 0.852 bits per heavy atom. The number of hydrogen-bond acceptors (Lipinski definition) is 3. The number of unbranched alkanes of at least 4 members (excludes halogenated alkanes) is 2. The Bertz CT molecular complexity index is 531. The maximum atomic E-state index is 9.47. The highest BCUT2D eigenvalue weighted by molar-refractivity contribution is 7.39. The zero-order valence-electron chi connectivity index (χ0n) is 18.1. The summed E-state index contributed by atoms with van der Waals surface area (Å²) in [5.41, 5.74) is 3.89. The van der Waals surface area contributed by atoms with Crippen LogP contribution in [0.5, 0.6) is 5.75 Å². The molecule has 2 atom stereocenters. The summed E-state index contributed by atoms with van der Waals surface area (Å²) in [5.74, 6) is 1.97. The van der Waals surface area contributed by atoms with Crippen LogP contribution in [-0.2, 0) is 12.8 Å². The van der Waals surface area contributed by atoms with E-state index in [0.29, 0.717) is 17.6 Å². The third-order valence-corrected chi connectivity index (χ3v) is 6.23. The maximum absolute atomic E-state index is 9.47. The smallest absolute Gasteiger partial charge is 0.391 e. The number of hydrogen-bond donors (Lipinski definition) is 2. The van der Waals surface area contributed by atoms with Crippen LogP contribution in [0.2, 0.25) is 0 Å². The van der Waals surface area contributed by atoms with Crippen LogP contribution in [0.1, 0.15) is 95.8 Å². The highest BCUT2D eigenvalue weighted by Gasteiger charge is 2.20. The van der Waals surface area contributed by atoms with Crippen LogP contribution in [0.4, 0.5) is 0 Å². The fourth-order valence-corrected chi connectivity index (χ4v) is 4.28. The molecule has 0 saturated heterocycles. The van der Waals surface area contributed by atoms with Crippen molar-refractivity contribution >= 4 is 8.60 Å². The van der Waals surface area contributed by atoms with Crippen LogP contribution in [0.3, 0.4) is 0 Å². The molecule has 0 aromatic heterocycles. The molecule has 1 aromatic carbocycles. The number of aryl methyl sites for hydroxylation is 1. The largest absolute Gasteiger partial charge is 0.427 e. The predicted octanol–water partition coefficient (Wildman–Crippen LogP) is 7.10. The fourth-order valence-electron chi connectivity index (χ4n) is 3.93. The molecule has 1 aromatic rings. The lowest BCUT2D eigenvalue weighted by molar-refractivity contribution is 0.368. The van der Waals surface area contributed by atoms with E-state index in [-0.39, 0.29) is 0 Å². The van der Waals surface area contributed by atoms with Gasteiger partial charge in [-0.05, 0) is 54.4 Å². The first kappa shape index (κ1) is 24.4. The number of rotatable bonds is 14. The van der Waals surface area contributed by atoms with Crippen LogP contribution in [0.25, 0.3) is 0 Å². The topological polar surface area (TPSA) is 49.7 Å². The minimum Gasteiger partial charge on any atom is -0.427 e. The van der Waals surface area contributed by atoms with Crippen LogP contribution in [0, 0.1) is 18.8 Å². The van der Waals surface area contributed by atoms with Gasteiger partial charge in [-0.15, -0.1) is 0 Å². The molecular weight excluding hydrogens is 355 g/mol. The second kappa shape index (κ2) is 13.5. The highest BCUT2D eigenvalue weighted by atomic mass is 31.2. The molecule has 0 heterocycles. The van der Waals surface area contributed by atoms with Gasteiger partial charge in [0.1, 0.15) is 5.75 Å².